The van der Waals surface area contributed by atoms with E-state index in [4.69, 9.17) is 18.6 Å². The first-order valence-corrected chi connectivity index (χ1v) is 9.33. The molecule has 152 valence electrons. The van der Waals surface area contributed by atoms with Gasteiger partial charge in [-0.15, -0.1) is 0 Å². The molecular weight excluding hydrogens is 370 g/mol. The number of likely N-dealkylation sites (N-methyl/N-ethyl adjacent to an activating group) is 1. The molecule has 0 aliphatic rings. The van der Waals surface area contributed by atoms with Gasteiger partial charge in [-0.05, 0) is 43.2 Å². The smallest absolute Gasteiger partial charge is 0.244 e. The molecule has 0 radical (unpaired) electrons. The van der Waals surface area contributed by atoms with Crippen LogP contribution in [0.25, 0.3) is 27.7 Å². The lowest BCUT2D eigenvalue weighted by atomic mass is 9.99. The molecule has 0 atom stereocenters. The van der Waals surface area contributed by atoms with Crippen molar-refractivity contribution in [1.82, 2.24) is 5.32 Å². The van der Waals surface area contributed by atoms with Gasteiger partial charge in [0.2, 0.25) is 5.91 Å². The van der Waals surface area contributed by atoms with E-state index in [2.05, 4.69) is 5.32 Å². The minimum Gasteiger partial charge on any atom is -0.493 e. The van der Waals surface area contributed by atoms with Gasteiger partial charge in [-0.3, -0.25) is 4.79 Å². The SMILES string of the molecule is CCOc1cc2occ(-c3ccc(OC)c(OC)c3)c2cc1/C(C)=C/C(=O)NC. The van der Waals surface area contributed by atoms with Crippen LogP contribution in [0.3, 0.4) is 0 Å². The third-order valence-electron chi connectivity index (χ3n) is 4.69. The maximum Gasteiger partial charge on any atom is 0.244 e. The Morgan fingerprint density at radius 3 is 2.52 bits per heavy atom. The van der Waals surface area contributed by atoms with Gasteiger partial charge in [0, 0.05) is 35.7 Å². The third-order valence-corrected chi connectivity index (χ3v) is 4.69. The lowest BCUT2D eigenvalue weighted by Gasteiger charge is -2.12. The van der Waals surface area contributed by atoms with Crippen LogP contribution >= 0.6 is 0 Å². The van der Waals surface area contributed by atoms with Gasteiger partial charge >= 0.3 is 0 Å². The number of nitrogens with one attached hydrogen (secondary N) is 1. The lowest BCUT2D eigenvalue weighted by molar-refractivity contribution is -0.116. The number of rotatable bonds is 7. The second-order valence-corrected chi connectivity index (χ2v) is 6.44. The van der Waals surface area contributed by atoms with Gasteiger partial charge in [0.25, 0.3) is 0 Å². The van der Waals surface area contributed by atoms with Crippen LogP contribution in [0.2, 0.25) is 0 Å². The quantitative estimate of drug-likeness (QED) is 0.589. The molecule has 0 aliphatic heterocycles. The summed E-state index contributed by atoms with van der Waals surface area (Å²) in [5.74, 6) is 1.80. The highest BCUT2D eigenvalue weighted by Crippen LogP contribution is 2.39. The molecule has 29 heavy (non-hydrogen) atoms. The standard InChI is InChI=1S/C23H25NO5/c1-6-28-20-12-21-17(11-16(20)14(2)9-23(25)24-3)18(13-29-21)15-7-8-19(26-4)22(10-15)27-5/h7-13H,6H2,1-5H3,(H,24,25)/b14-9+. The van der Waals surface area contributed by atoms with Gasteiger partial charge in [-0.1, -0.05) is 6.07 Å². The van der Waals surface area contributed by atoms with E-state index in [1.807, 2.05) is 44.2 Å². The fourth-order valence-corrected chi connectivity index (χ4v) is 3.21. The summed E-state index contributed by atoms with van der Waals surface area (Å²) in [7, 11) is 4.81. The van der Waals surface area contributed by atoms with Crippen LogP contribution in [0.15, 0.2) is 47.1 Å². The van der Waals surface area contributed by atoms with Gasteiger partial charge in [0.15, 0.2) is 11.5 Å². The maximum absolute atomic E-state index is 11.8. The molecule has 1 aromatic heterocycles. The lowest BCUT2D eigenvalue weighted by Crippen LogP contribution is -2.14. The fraction of sp³-hybridized carbons (Fsp3) is 0.261. The van der Waals surface area contributed by atoms with Crippen LogP contribution in [-0.4, -0.2) is 33.8 Å². The van der Waals surface area contributed by atoms with Gasteiger partial charge in [0.05, 0.1) is 27.1 Å². The number of allylic oxidation sites excluding steroid dienone is 1. The zero-order valence-electron chi connectivity index (χ0n) is 17.3. The van der Waals surface area contributed by atoms with Crippen molar-refractivity contribution in [3.8, 4) is 28.4 Å². The van der Waals surface area contributed by atoms with E-state index in [1.54, 1.807) is 33.6 Å². The molecule has 1 N–H and O–H groups in total. The summed E-state index contributed by atoms with van der Waals surface area (Å²) in [5, 5.41) is 3.53. The largest absolute Gasteiger partial charge is 0.493 e. The van der Waals surface area contributed by atoms with E-state index in [1.165, 1.54) is 0 Å². The Balaban J connectivity index is 2.18. The van der Waals surface area contributed by atoms with E-state index in [0.29, 0.717) is 29.4 Å². The van der Waals surface area contributed by atoms with Crippen LogP contribution in [0.5, 0.6) is 17.2 Å². The molecule has 0 aliphatic carbocycles. The van der Waals surface area contributed by atoms with Crippen LogP contribution < -0.4 is 19.5 Å². The second-order valence-electron chi connectivity index (χ2n) is 6.44. The second kappa shape index (κ2) is 8.73. The predicted octanol–water partition coefficient (Wildman–Crippen LogP) is 4.67. The molecule has 1 heterocycles. The molecule has 2 aromatic carbocycles. The summed E-state index contributed by atoms with van der Waals surface area (Å²) < 4.78 is 22.4. The minimum atomic E-state index is -0.169. The molecule has 0 spiro atoms. The molecule has 6 nitrogen and oxygen atoms in total. The number of methoxy groups -OCH3 is 2. The zero-order chi connectivity index (χ0) is 21.0. The Labute approximate surface area is 170 Å². The Bertz CT molecular complexity index is 1060. The molecule has 6 heteroatoms. The number of hydrogen-bond donors (Lipinski definition) is 1. The predicted molar refractivity (Wildman–Crippen MR) is 114 cm³/mol. The van der Waals surface area contributed by atoms with Crippen molar-refractivity contribution in [3.05, 3.63) is 48.2 Å². The molecule has 0 bridgehead atoms. The Kier molecular flexibility index (Phi) is 6.12. The summed E-state index contributed by atoms with van der Waals surface area (Å²) in [5.41, 5.74) is 4.19. The van der Waals surface area contributed by atoms with Crippen molar-refractivity contribution in [3.63, 3.8) is 0 Å². The maximum atomic E-state index is 11.8. The normalized spacial score (nSPS) is 11.4. The van der Waals surface area contributed by atoms with Crippen molar-refractivity contribution < 1.29 is 23.4 Å². The molecule has 0 saturated carbocycles. The third kappa shape index (κ3) is 4.06. The monoisotopic (exact) mass is 395 g/mol. The first-order chi connectivity index (χ1) is 14.0. The van der Waals surface area contributed by atoms with E-state index in [9.17, 15) is 4.79 Å². The topological polar surface area (TPSA) is 69.9 Å². The highest BCUT2D eigenvalue weighted by Gasteiger charge is 2.16. The number of amides is 1. The fourth-order valence-electron chi connectivity index (χ4n) is 3.21. The summed E-state index contributed by atoms with van der Waals surface area (Å²) in [6, 6.07) is 9.57. The first kappa shape index (κ1) is 20.3. The van der Waals surface area contributed by atoms with Crippen LogP contribution in [0.4, 0.5) is 0 Å². The number of ether oxygens (including phenoxy) is 3. The molecular formula is C23H25NO5. The average molecular weight is 395 g/mol. The minimum absolute atomic E-state index is 0.169. The Morgan fingerprint density at radius 2 is 1.86 bits per heavy atom. The Morgan fingerprint density at radius 1 is 1.10 bits per heavy atom. The molecule has 3 aromatic rings. The van der Waals surface area contributed by atoms with Gasteiger partial charge in [-0.2, -0.15) is 0 Å². The molecule has 0 saturated heterocycles. The number of hydrogen-bond acceptors (Lipinski definition) is 5. The van der Waals surface area contributed by atoms with E-state index >= 15 is 0 Å². The average Bonchev–Trinajstić information content (AvgIpc) is 3.15. The summed E-state index contributed by atoms with van der Waals surface area (Å²) in [6.45, 7) is 4.31. The first-order valence-electron chi connectivity index (χ1n) is 9.33. The van der Waals surface area contributed by atoms with Crippen molar-refractivity contribution in [1.29, 1.82) is 0 Å². The highest BCUT2D eigenvalue weighted by molar-refractivity contribution is 6.00. The van der Waals surface area contributed by atoms with Crippen LogP contribution in [0.1, 0.15) is 19.4 Å². The number of benzene rings is 2. The summed E-state index contributed by atoms with van der Waals surface area (Å²) in [6.07, 6.45) is 3.27. The number of furan rings is 1. The van der Waals surface area contributed by atoms with Gasteiger partial charge in [-0.25, -0.2) is 0 Å². The molecule has 0 fully saturated rings. The molecule has 3 rings (SSSR count). The van der Waals surface area contributed by atoms with E-state index in [-0.39, 0.29) is 5.91 Å². The zero-order valence-corrected chi connectivity index (χ0v) is 17.3. The van der Waals surface area contributed by atoms with Crippen LogP contribution in [-0.2, 0) is 4.79 Å². The van der Waals surface area contributed by atoms with Crippen molar-refractivity contribution in [2.24, 2.45) is 0 Å². The number of carbonyl (C=O) groups is 1. The van der Waals surface area contributed by atoms with Crippen molar-refractivity contribution in [2.45, 2.75) is 13.8 Å². The van der Waals surface area contributed by atoms with Gasteiger partial charge < -0.3 is 23.9 Å². The van der Waals surface area contributed by atoms with Crippen molar-refractivity contribution >= 4 is 22.4 Å². The summed E-state index contributed by atoms with van der Waals surface area (Å²) >= 11 is 0. The van der Waals surface area contributed by atoms with Crippen LogP contribution in [0, 0.1) is 0 Å². The summed E-state index contributed by atoms with van der Waals surface area (Å²) in [4.78, 5) is 11.8. The number of fused-ring (bicyclic) bond motifs is 1. The van der Waals surface area contributed by atoms with Crippen molar-refractivity contribution in [2.75, 3.05) is 27.9 Å². The van der Waals surface area contributed by atoms with Gasteiger partial charge in [0.1, 0.15) is 11.3 Å². The highest BCUT2D eigenvalue weighted by atomic mass is 16.5. The number of carbonyl (C=O) groups excluding carboxylic acids is 1. The molecule has 0 unspecified atom stereocenters. The van der Waals surface area contributed by atoms with E-state index < -0.39 is 0 Å². The molecule has 1 amide bonds. The van der Waals surface area contributed by atoms with E-state index in [0.717, 1.165) is 27.6 Å². The Hall–Kier alpha value is -3.41.